The summed E-state index contributed by atoms with van der Waals surface area (Å²) in [4.78, 5) is 29.7. The molecule has 0 aliphatic rings. The minimum absolute atomic E-state index is 0.0253. The highest BCUT2D eigenvalue weighted by Gasteiger charge is 2.12. The topological polar surface area (TPSA) is 107 Å². The smallest absolute Gasteiger partial charge is 0.269 e. The van der Waals surface area contributed by atoms with Crippen molar-refractivity contribution < 1.29 is 14.5 Å². The fourth-order valence-electron chi connectivity index (χ4n) is 1.47. The summed E-state index contributed by atoms with van der Waals surface area (Å²) in [5.74, 6) is -0.342. The van der Waals surface area contributed by atoms with E-state index in [1.165, 1.54) is 37.4 Å². The molecule has 1 heterocycles. The zero-order chi connectivity index (χ0) is 15.4. The van der Waals surface area contributed by atoms with Gasteiger partial charge in [0.25, 0.3) is 11.6 Å². The molecule has 108 valence electrons. The first kappa shape index (κ1) is 14.7. The van der Waals surface area contributed by atoms with Crippen LogP contribution in [0.1, 0.15) is 10.4 Å². The van der Waals surface area contributed by atoms with E-state index in [0.717, 1.165) is 0 Å². The van der Waals surface area contributed by atoms with E-state index < -0.39 is 10.8 Å². The number of benzene rings is 1. The quantitative estimate of drug-likeness (QED) is 0.527. The van der Waals surface area contributed by atoms with Crippen LogP contribution in [0.15, 0.2) is 30.3 Å². The van der Waals surface area contributed by atoms with Gasteiger partial charge in [-0.25, -0.2) is 4.98 Å². The summed E-state index contributed by atoms with van der Waals surface area (Å²) in [6.45, 7) is 0. The lowest BCUT2D eigenvalue weighted by atomic mass is 10.2. The molecule has 1 amide bonds. The van der Waals surface area contributed by atoms with Crippen molar-refractivity contribution >= 4 is 29.1 Å². The molecule has 0 aliphatic heterocycles. The number of halogens is 1. The van der Waals surface area contributed by atoms with Gasteiger partial charge in [-0.05, 0) is 12.1 Å². The zero-order valence-corrected chi connectivity index (χ0v) is 11.5. The van der Waals surface area contributed by atoms with Crippen molar-refractivity contribution in [2.45, 2.75) is 0 Å². The normalized spacial score (nSPS) is 10.0. The van der Waals surface area contributed by atoms with Crippen LogP contribution in [0.5, 0.6) is 5.88 Å². The molecule has 0 bridgehead atoms. The molecular formula is C12H9ClN4O4. The Hall–Kier alpha value is -2.74. The van der Waals surface area contributed by atoms with E-state index >= 15 is 0 Å². The van der Waals surface area contributed by atoms with Gasteiger partial charge in [0, 0.05) is 23.8 Å². The zero-order valence-electron chi connectivity index (χ0n) is 10.7. The van der Waals surface area contributed by atoms with Crippen molar-refractivity contribution in [2.75, 3.05) is 12.4 Å². The molecule has 2 aromatic rings. The largest absolute Gasteiger partial charge is 0.481 e. The number of hydrogen-bond acceptors (Lipinski definition) is 6. The lowest BCUT2D eigenvalue weighted by molar-refractivity contribution is -0.384. The maximum atomic E-state index is 12.0. The first-order valence-electron chi connectivity index (χ1n) is 5.64. The molecule has 0 saturated heterocycles. The van der Waals surface area contributed by atoms with Gasteiger partial charge in [-0.15, -0.1) is 0 Å². The van der Waals surface area contributed by atoms with Crippen molar-refractivity contribution in [2.24, 2.45) is 0 Å². The van der Waals surface area contributed by atoms with E-state index in [9.17, 15) is 14.9 Å². The Labute approximate surface area is 123 Å². The van der Waals surface area contributed by atoms with Gasteiger partial charge in [0.05, 0.1) is 12.0 Å². The Kier molecular flexibility index (Phi) is 4.29. The van der Waals surface area contributed by atoms with Crippen LogP contribution in [0.25, 0.3) is 0 Å². The second kappa shape index (κ2) is 6.14. The average Bonchev–Trinajstić information content (AvgIpc) is 2.46. The number of methoxy groups -OCH3 is 1. The van der Waals surface area contributed by atoms with E-state index in [1.54, 1.807) is 0 Å². The van der Waals surface area contributed by atoms with Gasteiger partial charge in [-0.1, -0.05) is 11.6 Å². The van der Waals surface area contributed by atoms with Crippen LogP contribution in [0.3, 0.4) is 0 Å². The lowest BCUT2D eigenvalue weighted by Gasteiger charge is -2.05. The summed E-state index contributed by atoms with van der Waals surface area (Å²) >= 11 is 5.76. The highest BCUT2D eigenvalue weighted by Crippen LogP contribution is 2.17. The molecule has 0 unspecified atom stereocenters. The predicted molar refractivity (Wildman–Crippen MR) is 74.6 cm³/mol. The molecule has 0 spiro atoms. The molecule has 0 aliphatic carbocycles. The molecule has 1 aromatic heterocycles. The molecule has 0 radical (unpaired) electrons. The van der Waals surface area contributed by atoms with E-state index in [0.29, 0.717) is 0 Å². The van der Waals surface area contributed by atoms with Gasteiger partial charge in [0.15, 0.2) is 0 Å². The molecule has 9 heteroatoms. The second-order valence-electron chi connectivity index (χ2n) is 3.81. The van der Waals surface area contributed by atoms with Crippen LogP contribution in [0.2, 0.25) is 5.15 Å². The van der Waals surface area contributed by atoms with Crippen molar-refractivity contribution in [1.82, 2.24) is 9.97 Å². The summed E-state index contributed by atoms with van der Waals surface area (Å²) in [5.41, 5.74) is 0.121. The lowest BCUT2D eigenvalue weighted by Crippen LogP contribution is -2.14. The number of nitro benzene ring substituents is 1. The van der Waals surface area contributed by atoms with Crippen molar-refractivity contribution in [3.63, 3.8) is 0 Å². The fourth-order valence-corrected chi connectivity index (χ4v) is 1.64. The number of amides is 1. The summed E-state index contributed by atoms with van der Waals surface area (Å²) in [6, 6.07) is 6.51. The van der Waals surface area contributed by atoms with Gasteiger partial charge >= 0.3 is 0 Å². The number of nitro groups is 1. The Morgan fingerprint density at radius 1 is 1.33 bits per heavy atom. The number of non-ortho nitro benzene ring substituents is 1. The van der Waals surface area contributed by atoms with Crippen LogP contribution >= 0.6 is 11.6 Å². The van der Waals surface area contributed by atoms with Crippen molar-refractivity contribution in [3.8, 4) is 5.88 Å². The number of rotatable bonds is 4. The van der Waals surface area contributed by atoms with Gasteiger partial charge < -0.3 is 4.74 Å². The van der Waals surface area contributed by atoms with Gasteiger partial charge in [0.1, 0.15) is 5.15 Å². The number of anilines is 1. The highest BCUT2D eigenvalue weighted by atomic mass is 35.5. The third kappa shape index (κ3) is 3.63. The molecule has 1 N–H and O–H groups in total. The maximum absolute atomic E-state index is 12.0. The first-order valence-corrected chi connectivity index (χ1v) is 6.02. The molecule has 1 aromatic carbocycles. The van der Waals surface area contributed by atoms with E-state index in [4.69, 9.17) is 16.3 Å². The van der Waals surface area contributed by atoms with Gasteiger partial charge in [-0.3, -0.25) is 20.2 Å². The Balaban J connectivity index is 2.17. The minimum Gasteiger partial charge on any atom is -0.481 e. The van der Waals surface area contributed by atoms with Gasteiger partial charge in [0.2, 0.25) is 11.8 Å². The van der Waals surface area contributed by atoms with Crippen LogP contribution in [0, 0.1) is 10.1 Å². The van der Waals surface area contributed by atoms with Crippen LogP contribution in [-0.2, 0) is 0 Å². The Bertz CT molecular complexity index is 690. The number of ether oxygens (including phenoxy) is 1. The molecule has 21 heavy (non-hydrogen) atoms. The van der Waals surface area contributed by atoms with Crippen LogP contribution in [0.4, 0.5) is 11.6 Å². The van der Waals surface area contributed by atoms with E-state index in [-0.39, 0.29) is 28.2 Å². The number of hydrogen-bond donors (Lipinski definition) is 1. The number of nitrogens with one attached hydrogen (secondary N) is 1. The summed E-state index contributed by atoms with van der Waals surface area (Å²) in [5, 5.41) is 13.1. The number of carbonyl (C=O) groups excluding carboxylic acids is 1. The summed E-state index contributed by atoms with van der Waals surface area (Å²) in [7, 11) is 1.40. The van der Waals surface area contributed by atoms with E-state index in [2.05, 4.69) is 15.3 Å². The molecule has 8 nitrogen and oxygen atoms in total. The van der Waals surface area contributed by atoms with Crippen LogP contribution in [-0.4, -0.2) is 27.9 Å². The average molecular weight is 309 g/mol. The van der Waals surface area contributed by atoms with E-state index in [1.807, 2.05) is 0 Å². The third-order valence-corrected chi connectivity index (χ3v) is 2.64. The second-order valence-corrected chi connectivity index (χ2v) is 4.20. The van der Waals surface area contributed by atoms with Crippen molar-refractivity contribution in [3.05, 3.63) is 51.2 Å². The fraction of sp³-hybridized carbons (Fsp3) is 0.0833. The number of carbonyl (C=O) groups is 1. The first-order chi connectivity index (χ1) is 9.99. The third-order valence-electron chi connectivity index (χ3n) is 2.45. The highest BCUT2D eigenvalue weighted by molar-refractivity contribution is 6.29. The molecule has 2 rings (SSSR count). The number of aromatic nitrogens is 2. The number of nitrogens with zero attached hydrogens (tertiary/aromatic N) is 3. The molecule has 0 fully saturated rings. The molecular weight excluding hydrogens is 300 g/mol. The maximum Gasteiger partial charge on any atom is 0.269 e. The Morgan fingerprint density at radius 3 is 2.57 bits per heavy atom. The SMILES string of the molecule is COc1cc(Cl)nc(NC(=O)c2ccc([N+](=O)[O-])cc2)n1. The molecule has 0 atom stereocenters. The Morgan fingerprint density at radius 2 is 2.00 bits per heavy atom. The van der Waals surface area contributed by atoms with Gasteiger partial charge in [-0.2, -0.15) is 4.98 Å². The summed E-state index contributed by atoms with van der Waals surface area (Å²) in [6.07, 6.45) is 0. The minimum atomic E-state index is -0.549. The predicted octanol–water partition coefficient (Wildman–Crippen LogP) is 2.30. The standard InChI is InChI=1S/C12H9ClN4O4/c1-21-10-6-9(13)14-12(15-10)16-11(18)7-2-4-8(5-3-7)17(19)20/h2-6H,1H3,(H,14,15,16,18). The monoisotopic (exact) mass is 308 g/mol. The molecule has 0 saturated carbocycles. The summed E-state index contributed by atoms with van der Waals surface area (Å²) < 4.78 is 4.90. The van der Waals surface area contributed by atoms with Crippen molar-refractivity contribution in [1.29, 1.82) is 0 Å². The van der Waals surface area contributed by atoms with Crippen LogP contribution < -0.4 is 10.1 Å².